The van der Waals surface area contributed by atoms with Crippen molar-refractivity contribution < 1.29 is 28.9 Å². The zero-order chi connectivity index (χ0) is 26.2. The first-order valence-corrected chi connectivity index (χ1v) is 12.9. The van der Waals surface area contributed by atoms with E-state index in [1.807, 2.05) is 64.4 Å². The number of amides is 1. The summed E-state index contributed by atoms with van der Waals surface area (Å²) >= 11 is 0. The monoisotopic (exact) mass is 514 g/mol. The van der Waals surface area contributed by atoms with Crippen LogP contribution in [0.3, 0.4) is 0 Å². The van der Waals surface area contributed by atoms with Crippen molar-refractivity contribution in [3.05, 3.63) is 89.0 Å². The minimum atomic E-state index is -0.893. The molecule has 0 aromatic heterocycles. The molecule has 1 amide bonds. The number of nitrogens with zero attached hydrogens (tertiary/aromatic N) is 2. The molecule has 0 radical (unpaired) electrons. The van der Waals surface area contributed by atoms with Crippen LogP contribution in [0.2, 0.25) is 0 Å². The molecule has 6 rings (SSSR count). The molecule has 8 heteroatoms. The molecule has 1 N–H and O–H groups in total. The summed E-state index contributed by atoms with van der Waals surface area (Å²) in [5.74, 6) is 0.00360. The summed E-state index contributed by atoms with van der Waals surface area (Å²) in [5.41, 5.74) is 4.16. The van der Waals surface area contributed by atoms with Gasteiger partial charge in [0.05, 0.1) is 19.6 Å². The third-order valence-corrected chi connectivity index (χ3v) is 7.99. The number of ether oxygens (including phenoxy) is 3. The molecule has 1 saturated heterocycles. The SMILES string of the molecule is COc1ccc(C2C(C(=O)O)C(c3ccc4c(c3)OCO4)CN2CC(=O)N2CCc3ccccc3C2)cc1. The van der Waals surface area contributed by atoms with Gasteiger partial charge < -0.3 is 24.2 Å². The molecule has 0 spiro atoms. The molecule has 0 saturated carbocycles. The van der Waals surface area contributed by atoms with Gasteiger partial charge in [-0.15, -0.1) is 0 Å². The number of hydrogen-bond acceptors (Lipinski definition) is 6. The average Bonchev–Trinajstić information content (AvgIpc) is 3.57. The van der Waals surface area contributed by atoms with Crippen LogP contribution in [0.5, 0.6) is 17.2 Å². The Labute approximate surface area is 221 Å². The van der Waals surface area contributed by atoms with E-state index >= 15 is 0 Å². The molecule has 196 valence electrons. The zero-order valence-electron chi connectivity index (χ0n) is 21.2. The molecule has 3 atom stereocenters. The summed E-state index contributed by atoms with van der Waals surface area (Å²) in [6, 6.07) is 20.8. The van der Waals surface area contributed by atoms with E-state index in [0.29, 0.717) is 36.9 Å². The summed E-state index contributed by atoms with van der Waals surface area (Å²) < 4.78 is 16.4. The van der Waals surface area contributed by atoms with Crippen molar-refractivity contribution in [3.8, 4) is 17.2 Å². The lowest BCUT2D eigenvalue weighted by molar-refractivity contribution is -0.144. The lowest BCUT2D eigenvalue weighted by Gasteiger charge is -2.32. The Morgan fingerprint density at radius 1 is 0.974 bits per heavy atom. The molecular formula is C30H30N2O6. The summed E-state index contributed by atoms with van der Waals surface area (Å²) in [7, 11) is 1.60. The number of carbonyl (C=O) groups is 2. The number of hydrogen-bond donors (Lipinski definition) is 1. The smallest absolute Gasteiger partial charge is 0.309 e. The van der Waals surface area contributed by atoms with Crippen LogP contribution in [0.1, 0.15) is 34.2 Å². The van der Waals surface area contributed by atoms with Crippen molar-refractivity contribution in [2.45, 2.75) is 24.9 Å². The number of likely N-dealkylation sites (tertiary alicyclic amines) is 1. The Morgan fingerprint density at radius 2 is 1.71 bits per heavy atom. The quantitative estimate of drug-likeness (QED) is 0.535. The van der Waals surface area contributed by atoms with E-state index in [4.69, 9.17) is 14.2 Å². The Kier molecular flexibility index (Phi) is 6.41. The summed E-state index contributed by atoms with van der Waals surface area (Å²) in [5, 5.41) is 10.5. The second-order valence-electron chi connectivity index (χ2n) is 10.1. The van der Waals surface area contributed by atoms with Gasteiger partial charge in [0.15, 0.2) is 11.5 Å². The highest BCUT2D eigenvalue weighted by Gasteiger charge is 2.48. The first-order valence-electron chi connectivity index (χ1n) is 12.9. The van der Waals surface area contributed by atoms with Gasteiger partial charge in [0.1, 0.15) is 5.75 Å². The fourth-order valence-corrected chi connectivity index (χ4v) is 6.06. The van der Waals surface area contributed by atoms with Crippen LogP contribution in [0.15, 0.2) is 66.7 Å². The van der Waals surface area contributed by atoms with Gasteiger partial charge in [0, 0.05) is 31.6 Å². The first kappa shape index (κ1) is 24.3. The van der Waals surface area contributed by atoms with Gasteiger partial charge >= 0.3 is 5.97 Å². The van der Waals surface area contributed by atoms with Crippen molar-refractivity contribution in [1.29, 1.82) is 0 Å². The third-order valence-electron chi connectivity index (χ3n) is 7.99. The normalized spacial score (nSPS) is 22.2. The maximum Gasteiger partial charge on any atom is 0.309 e. The van der Waals surface area contributed by atoms with E-state index in [1.165, 1.54) is 11.1 Å². The Hall–Kier alpha value is -4.04. The van der Waals surface area contributed by atoms with Gasteiger partial charge in [-0.1, -0.05) is 42.5 Å². The molecule has 3 aliphatic heterocycles. The molecule has 1 fully saturated rings. The van der Waals surface area contributed by atoms with E-state index < -0.39 is 17.9 Å². The minimum Gasteiger partial charge on any atom is -0.497 e. The van der Waals surface area contributed by atoms with Crippen LogP contribution >= 0.6 is 0 Å². The maximum atomic E-state index is 13.6. The van der Waals surface area contributed by atoms with Gasteiger partial charge in [0.25, 0.3) is 0 Å². The predicted molar refractivity (Wildman–Crippen MR) is 139 cm³/mol. The number of carboxylic acids is 1. The molecule has 3 aromatic carbocycles. The summed E-state index contributed by atoms with van der Waals surface area (Å²) in [6.07, 6.45) is 0.821. The van der Waals surface area contributed by atoms with Crippen LogP contribution in [-0.4, -0.2) is 60.3 Å². The Balaban J connectivity index is 1.32. The first-order chi connectivity index (χ1) is 18.5. The van der Waals surface area contributed by atoms with Crippen LogP contribution in [0.4, 0.5) is 0 Å². The second kappa shape index (κ2) is 10.0. The molecule has 3 unspecified atom stereocenters. The number of benzene rings is 3. The lowest BCUT2D eigenvalue weighted by Crippen LogP contribution is -2.43. The van der Waals surface area contributed by atoms with Gasteiger partial charge in [0.2, 0.25) is 12.7 Å². The van der Waals surface area contributed by atoms with Crippen molar-refractivity contribution in [2.75, 3.05) is 33.5 Å². The number of fused-ring (bicyclic) bond motifs is 2. The van der Waals surface area contributed by atoms with E-state index in [2.05, 4.69) is 12.1 Å². The molecule has 8 nitrogen and oxygen atoms in total. The molecule has 3 heterocycles. The van der Waals surface area contributed by atoms with Crippen molar-refractivity contribution in [3.63, 3.8) is 0 Å². The molecular weight excluding hydrogens is 484 g/mol. The van der Waals surface area contributed by atoms with Crippen LogP contribution < -0.4 is 14.2 Å². The summed E-state index contributed by atoms with van der Waals surface area (Å²) in [6.45, 7) is 1.96. The van der Waals surface area contributed by atoms with E-state index in [1.54, 1.807) is 7.11 Å². The van der Waals surface area contributed by atoms with Gasteiger partial charge in [-0.2, -0.15) is 0 Å². The largest absolute Gasteiger partial charge is 0.497 e. The van der Waals surface area contributed by atoms with Gasteiger partial charge in [-0.3, -0.25) is 14.5 Å². The van der Waals surface area contributed by atoms with Crippen LogP contribution in [-0.2, 0) is 22.6 Å². The number of carboxylic acid groups (broad SMARTS) is 1. The van der Waals surface area contributed by atoms with Gasteiger partial charge in [-0.25, -0.2) is 0 Å². The lowest BCUT2D eigenvalue weighted by atomic mass is 9.82. The highest BCUT2D eigenvalue weighted by molar-refractivity contribution is 5.79. The molecule has 38 heavy (non-hydrogen) atoms. The Morgan fingerprint density at radius 3 is 2.47 bits per heavy atom. The highest BCUT2D eigenvalue weighted by Crippen LogP contribution is 2.47. The number of rotatable bonds is 6. The number of aliphatic carboxylic acids is 1. The van der Waals surface area contributed by atoms with Gasteiger partial charge in [-0.05, 0) is 52.9 Å². The minimum absolute atomic E-state index is 0.00786. The van der Waals surface area contributed by atoms with E-state index in [0.717, 1.165) is 17.5 Å². The number of carbonyl (C=O) groups excluding carboxylic acids is 1. The molecule has 3 aliphatic rings. The Bertz CT molecular complexity index is 1360. The molecule has 0 aliphatic carbocycles. The van der Waals surface area contributed by atoms with E-state index in [9.17, 15) is 14.7 Å². The van der Waals surface area contributed by atoms with Crippen molar-refractivity contribution in [1.82, 2.24) is 9.80 Å². The fraction of sp³-hybridized carbons (Fsp3) is 0.333. The topological polar surface area (TPSA) is 88.5 Å². The van der Waals surface area contributed by atoms with Crippen molar-refractivity contribution in [2.24, 2.45) is 5.92 Å². The molecule has 0 bridgehead atoms. The maximum absolute atomic E-state index is 13.6. The van der Waals surface area contributed by atoms with Crippen LogP contribution in [0, 0.1) is 5.92 Å². The third kappa shape index (κ3) is 4.45. The fourth-order valence-electron chi connectivity index (χ4n) is 6.06. The second-order valence-corrected chi connectivity index (χ2v) is 10.1. The van der Waals surface area contributed by atoms with Crippen LogP contribution in [0.25, 0.3) is 0 Å². The summed E-state index contributed by atoms with van der Waals surface area (Å²) in [4.78, 5) is 30.3. The average molecular weight is 515 g/mol. The number of methoxy groups -OCH3 is 1. The zero-order valence-corrected chi connectivity index (χ0v) is 21.2. The predicted octanol–water partition coefficient (Wildman–Crippen LogP) is 3.85. The molecule has 3 aromatic rings. The standard InChI is InChI=1S/C30H30N2O6/c1-36-23-9-6-20(7-10-23)29-28(30(34)35)24(21-8-11-25-26(14-21)38-18-37-25)16-32(29)17-27(33)31-13-12-19-4-2-3-5-22(19)15-31/h2-11,14,24,28-29H,12-13,15-18H2,1H3,(H,34,35). The highest BCUT2D eigenvalue weighted by atomic mass is 16.7. The van der Waals surface area contributed by atoms with Crippen molar-refractivity contribution >= 4 is 11.9 Å². The van der Waals surface area contributed by atoms with E-state index in [-0.39, 0.29) is 25.2 Å².